The van der Waals surface area contributed by atoms with Crippen LogP contribution in [0, 0.1) is 11.8 Å². The van der Waals surface area contributed by atoms with Crippen LogP contribution in [0.1, 0.15) is 38.5 Å². The van der Waals surface area contributed by atoms with Crippen molar-refractivity contribution < 1.29 is 0 Å². The molecule has 0 aliphatic heterocycles. The lowest BCUT2D eigenvalue weighted by atomic mass is 9.97. The van der Waals surface area contributed by atoms with E-state index in [9.17, 15) is 0 Å². The fourth-order valence-corrected chi connectivity index (χ4v) is 2.11. The lowest BCUT2D eigenvalue weighted by Gasteiger charge is -2.09. The highest BCUT2D eigenvalue weighted by molar-refractivity contribution is 5.13. The third kappa shape index (κ3) is 1.25. The van der Waals surface area contributed by atoms with E-state index in [-0.39, 0.29) is 0 Å². The quantitative estimate of drug-likeness (QED) is 0.479. The van der Waals surface area contributed by atoms with Crippen molar-refractivity contribution in [1.82, 2.24) is 0 Å². The highest BCUT2D eigenvalue weighted by Gasteiger charge is 2.19. The molecule has 1 unspecified atom stereocenters. The summed E-state index contributed by atoms with van der Waals surface area (Å²) in [5, 5.41) is 0. The number of rotatable bonds is 0. The predicted octanol–water partition coefficient (Wildman–Crippen LogP) is 3.10. The Kier molecular flexibility index (Phi) is 1.79. The van der Waals surface area contributed by atoms with E-state index in [4.69, 9.17) is 0 Å². The van der Waals surface area contributed by atoms with Crippen molar-refractivity contribution >= 4 is 0 Å². The van der Waals surface area contributed by atoms with Gasteiger partial charge in [-0.3, -0.25) is 0 Å². The molecule has 0 heterocycles. The fraction of sp³-hybridized carbons (Fsp3) is 0.700. The third-order valence-electron chi connectivity index (χ3n) is 2.81. The Morgan fingerprint density at radius 3 is 3.20 bits per heavy atom. The topological polar surface area (TPSA) is 0 Å². The molecule has 0 aromatic carbocycles. The van der Waals surface area contributed by atoms with Crippen molar-refractivity contribution in [2.45, 2.75) is 38.5 Å². The summed E-state index contributed by atoms with van der Waals surface area (Å²) in [6.45, 7) is 0. The van der Waals surface area contributed by atoms with Crippen LogP contribution in [0.15, 0.2) is 12.2 Å². The van der Waals surface area contributed by atoms with Gasteiger partial charge in [0.15, 0.2) is 0 Å². The molecule has 0 aromatic heterocycles. The van der Waals surface area contributed by atoms with Crippen molar-refractivity contribution in [3.63, 3.8) is 0 Å². The molecule has 0 spiro atoms. The summed E-state index contributed by atoms with van der Waals surface area (Å²) in [5.74, 6) is 2.73. The maximum atomic E-state index is 2.38. The Morgan fingerprint density at radius 2 is 2.20 bits per heavy atom. The van der Waals surface area contributed by atoms with Gasteiger partial charge in [-0.25, -0.2) is 0 Å². The van der Waals surface area contributed by atoms with Crippen LogP contribution in [-0.2, 0) is 0 Å². The van der Waals surface area contributed by atoms with E-state index in [1.807, 2.05) is 0 Å². The Hall–Kier alpha value is -0.260. The molecule has 0 aromatic rings. The SMILES string of the molecule is C1=C[C]2CCCC(C1)CC2. The normalized spacial score (nSPS) is 33.8. The Labute approximate surface area is 63.3 Å². The van der Waals surface area contributed by atoms with Crippen LogP contribution in [0.2, 0.25) is 0 Å². The second-order valence-electron chi connectivity index (χ2n) is 3.59. The second-order valence-corrected chi connectivity index (χ2v) is 3.59. The van der Waals surface area contributed by atoms with Crippen LogP contribution < -0.4 is 0 Å². The van der Waals surface area contributed by atoms with E-state index in [1.165, 1.54) is 38.5 Å². The van der Waals surface area contributed by atoms with Gasteiger partial charge >= 0.3 is 0 Å². The molecule has 2 rings (SSSR count). The highest BCUT2D eigenvalue weighted by atomic mass is 14.2. The zero-order chi connectivity index (χ0) is 6.81. The number of hydrogen-bond acceptors (Lipinski definition) is 0. The van der Waals surface area contributed by atoms with Gasteiger partial charge in [-0.2, -0.15) is 0 Å². The van der Waals surface area contributed by atoms with Gasteiger partial charge in [-0.05, 0) is 37.5 Å². The summed E-state index contributed by atoms with van der Waals surface area (Å²) in [5.41, 5.74) is 0. The van der Waals surface area contributed by atoms with Crippen molar-refractivity contribution in [2.75, 3.05) is 0 Å². The summed E-state index contributed by atoms with van der Waals surface area (Å²) < 4.78 is 0. The molecule has 2 bridgehead atoms. The number of allylic oxidation sites excluding steroid dienone is 2. The van der Waals surface area contributed by atoms with Gasteiger partial charge in [0.25, 0.3) is 0 Å². The molecule has 0 saturated heterocycles. The van der Waals surface area contributed by atoms with E-state index >= 15 is 0 Å². The van der Waals surface area contributed by atoms with Gasteiger partial charge in [0.05, 0.1) is 0 Å². The largest absolute Gasteiger partial charge is 0.0877 e. The summed E-state index contributed by atoms with van der Waals surface area (Å²) in [6, 6.07) is 0. The molecule has 55 valence electrons. The van der Waals surface area contributed by atoms with Crippen LogP contribution in [0.4, 0.5) is 0 Å². The molecule has 1 fully saturated rings. The first-order valence-electron chi connectivity index (χ1n) is 4.46. The van der Waals surface area contributed by atoms with Crippen LogP contribution in [0.25, 0.3) is 0 Å². The van der Waals surface area contributed by atoms with Crippen LogP contribution >= 0.6 is 0 Å². The predicted molar refractivity (Wildman–Crippen MR) is 43.6 cm³/mol. The van der Waals surface area contributed by atoms with Gasteiger partial charge in [-0.1, -0.05) is 25.0 Å². The van der Waals surface area contributed by atoms with Crippen molar-refractivity contribution in [1.29, 1.82) is 0 Å². The molecule has 10 heavy (non-hydrogen) atoms. The van der Waals surface area contributed by atoms with Gasteiger partial charge in [0, 0.05) is 0 Å². The molecule has 0 nitrogen and oxygen atoms in total. The zero-order valence-electron chi connectivity index (χ0n) is 6.47. The third-order valence-corrected chi connectivity index (χ3v) is 2.81. The Morgan fingerprint density at radius 1 is 1.20 bits per heavy atom. The molecule has 0 N–H and O–H groups in total. The van der Waals surface area contributed by atoms with E-state index in [1.54, 1.807) is 5.92 Å². The van der Waals surface area contributed by atoms with Gasteiger partial charge < -0.3 is 0 Å². The van der Waals surface area contributed by atoms with E-state index in [0.29, 0.717) is 0 Å². The smallest absolute Gasteiger partial charge is 0.00272 e. The molecule has 1 atom stereocenters. The molecular formula is C10H15. The molecular weight excluding hydrogens is 120 g/mol. The first kappa shape index (κ1) is 6.45. The van der Waals surface area contributed by atoms with Gasteiger partial charge in [0.2, 0.25) is 0 Å². The molecule has 1 saturated carbocycles. The summed E-state index contributed by atoms with van der Waals surface area (Å²) in [7, 11) is 0. The maximum absolute atomic E-state index is 2.38. The second kappa shape index (κ2) is 2.77. The average molecular weight is 135 g/mol. The fourth-order valence-electron chi connectivity index (χ4n) is 2.11. The maximum Gasteiger partial charge on any atom is -0.00272 e. The first-order chi connectivity index (χ1) is 4.95. The van der Waals surface area contributed by atoms with E-state index in [2.05, 4.69) is 12.2 Å². The first-order valence-corrected chi connectivity index (χ1v) is 4.46. The average Bonchev–Trinajstić information content (AvgIpc) is 2.17. The van der Waals surface area contributed by atoms with Crippen molar-refractivity contribution in [3.8, 4) is 0 Å². The standard InChI is InChI=1S/C10H15/c1-3-9-5-2-6-10(4-1)8-7-9/h1,3,10H,2,4-8H2. The van der Waals surface area contributed by atoms with Gasteiger partial charge in [-0.15, -0.1) is 0 Å². The monoisotopic (exact) mass is 135 g/mol. The summed E-state index contributed by atoms with van der Waals surface area (Å²) in [6.07, 6.45) is 13.3. The van der Waals surface area contributed by atoms with E-state index < -0.39 is 0 Å². The number of hydrogen-bond donors (Lipinski definition) is 0. The summed E-state index contributed by atoms with van der Waals surface area (Å²) >= 11 is 0. The Bertz CT molecular complexity index is 135. The minimum atomic E-state index is 1.02. The van der Waals surface area contributed by atoms with Gasteiger partial charge in [0.1, 0.15) is 0 Å². The van der Waals surface area contributed by atoms with Crippen LogP contribution in [-0.4, -0.2) is 0 Å². The highest BCUT2D eigenvalue weighted by Crippen LogP contribution is 2.34. The molecule has 0 amide bonds. The van der Waals surface area contributed by atoms with Crippen molar-refractivity contribution in [3.05, 3.63) is 18.1 Å². The summed E-state index contributed by atoms with van der Waals surface area (Å²) in [4.78, 5) is 0. The molecule has 2 aliphatic rings. The van der Waals surface area contributed by atoms with Crippen molar-refractivity contribution in [2.24, 2.45) is 5.92 Å². The van der Waals surface area contributed by atoms with E-state index in [0.717, 1.165) is 5.92 Å². The molecule has 1 radical (unpaired) electrons. The lowest BCUT2D eigenvalue weighted by Crippen LogP contribution is -1.95. The number of fused-ring (bicyclic) bond motifs is 3. The Balaban J connectivity index is 2.11. The minimum absolute atomic E-state index is 1.02. The zero-order valence-corrected chi connectivity index (χ0v) is 6.47. The molecule has 0 heteroatoms. The molecule has 2 aliphatic carbocycles. The van der Waals surface area contributed by atoms with Crippen LogP contribution in [0.3, 0.4) is 0 Å². The van der Waals surface area contributed by atoms with Crippen LogP contribution in [0.5, 0.6) is 0 Å². The minimum Gasteiger partial charge on any atom is -0.0877 e. The lowest BCUT2D eigenvalue weighted by molar-refractivity contribution is 0.470.